The predicted molar refractivity (Wildman–Crippen MR) is 89.3 cm³/mol. The highest BCUT2D eigenvalue weighted by Crippen LogP contribution is 2.29. The van der Waals surface area contributed by atoms with E-state index in [-0.39, 0.29) is 22.5 Å². The number of aromatic amines is 1. The van der Waals surface area contributed by atoms with Gasteiger partial charge in [0.15, 0.2) is 11.5 Å². The van der Waals surface area contributed by atoms with Gasteiger partial charge in [-0.3, -0.25) is 9.78 Å². The molecule has 0 saturated heterocycles. The molecule has 1 heterocycles. The van der Waals surface area contributed by atoms with Gasteiger partial charge in [-0.1, -0.05) is 13.8 Å². The van der Waals surface area contributed by atoms with Gasteiger partial charge in [-0.15, -0.1) is 0 Å². The molecule has 2 aromatic rings. The van der Waals surface area contributed by atoms with Crippen molar-refractivity contribution in [3.63, 3.8) is 0 Å². The van der Waals surface area contributed by atoms with E-state index in [1.54, 1.807) is 0 Å². The lowest BCUT2D eigenvalue weighted by atomic mass is 10.1. The van der Waals surface area contributed by atoms with Crippen LogP contribution < -0.4 is 19.8 Å². The third-order valence-electron chi connectivity index (χ3n) is 3.25. The zero-order valence-corrected chi connectivity index (χ0v) is 14.6. The highest BCUT2D eigenvalue weighted by atomic mass is 32.2. The van der Waals surface area contributed by atoms with Crippen molar-refractivity contribution >= 4 is 16.0 Å². The quantitative estimate of drug-likeness (QED) is 0.818. The highest BCUT2D eigenvalue weighted by molar-refractivity contribution is 7.92. The van der Waals surface area contributed by atoms with Crippen LogP contribution in [-0.2, 0) is 10.0 Å². The lowest BCUT2D eigenvalue weighted by Gasteiger charge is -2.12. The zero-order chi connectivity index (χ0) is 17.9. The molecule has 0 unspecified atom stereocenters. The molecule has 2 N–H and O–H groups in total. The fourth-order valence-electron chi connectivity index (χ4n) is 1.99. The molecule has 9 heteroatoms. The Bertz CT molecular complexity index is 890. The maximum absolute atomic E-state index is 12.5. The first-order chi connectivity index (χ1) is 11.3. The van der Waals surface area contributed by atoms with Crippen LogP contribution in [-0.4, -0.2) is 32.6 Å². The normalized spacial score (nSPS) is 11.4. The Morgan fingerprint density at radius 3 is 2.38 bits per heavy atom. The van der Waals surface area contributed by atoms with E-state index in [4.69, 9.17) is 9.47 Å². The third kappa shape index (κ3) is 3.85. The first-order valence-electron chi connectivity index (χ1n) is 7.13. The number of anilines is 1. The monoisotopic (exact) mass is 353 g/mol. The van der Waals surface area contributed by atoms with Crippen LogP contribution in [0.25, 0.3) is 0 Å². The second kappa shape index (κ2) is 6.91. The van der Waals surface area contributed by atoms with Crippen molar-refractivity contribution in [2.24, 2.45) is 0 Å². The number of rotatable bonds is 6. The summed E-state index contributed by atoms with van der Waals surface area (Å²) in [6, 6.07) is 5.51. The van der Waals surface area contributed by atoms with Crippen LogP contribution in [0.1, 0.15) is 25.5 Å². The topological polar surface area (TPSA) is 110 Å². The first kappa shape index (κ1) is 17.8. The average Bonchev–Trinajstić information content (AvgIpc) is 2.53. The molecule has 0 amide bonds. The summed E-state index contributed by atoms with van der Waals surface area (Å²) in [5.74, 6) is 0.528. The minimum Gasteiger partial charge on any atom is -0.493 e. The Kier molecular flexibility index (Phi) is 5.13. The summed E-state index contributed by atoms with van der Waals surface area (Å²) in [6.07, 6.45) is 0. The smallest absolute Gasteiger partial charge is 0.264 e. The molecule has 2 rings (SSSR count). The average molecular weight is 353 g/mol. The summed E-state index contributed by atoms with van der Waals surface area (Å²) in [5.41, 5.74) is 0.0578. The van der Waals surface area contributed by atoms with Crippen molar-refractivity contribution in [2.45, 2.75) is 24.7 Å². The predicted octanol–water partition coefficient (Wildman–Crippen LogP) is 1.71. The Morgan fingerprint density at radius 2 is 1.79 bits per heavy atom. The van der Waals surface area contributed by atoms with E-state index in [2.05, 4.69) is 14.7 Å². The standard InChI is InChI=1S/C15H19N3O5S/c1-9(2)11-8-14(19)17-15(16-11)18-24(20,21)10-5-6-12(22-3)13(7-10)23-4/h5-9H,1-4H3,(H2,16,17,18,19). The van der Waals surface area contributed by atoms with Crippen LogP contribution in [0, 0.1) is 0 Å². The molecule has 0 spiro atoms. The van der Waals surface area contributed by atoms with E-state index >= 15 is 0 Å². The van der Waals surface area contributed by atoms with Crippen molar-refractivity contribution in [2.75, 3.05) is 18.9 Å². The molecule has 0 aliphatic heterocycles. The van der Waals surface area contributed by atoms with Crippen molar-refractivity contribution in [1.82, 2.24) is 9.97 Å². The van der Waals surface area contributed by atoms with Crippen molar-refractivity contribution < 1.29 is 17.9 Å². The van der Waals surface area contributed by atoms with E-state index in [0.717, 1.165) is 0 Å². The lowest BCUT2D eigenvalue weighted by molar-refractivity contribution is 0.354. The number of H-pyrrole nitrogens is 1. The first-order valence-corrected chi connectivity index (χ1v) is 8.61. The molecule has 0 aliphatic rings. The molecule has 0 atom stereocenters. The minimum absolute atomic E-state index is 0.0170. The van der Waals surface area contributed by atoms with Crippen molar-refractivity contribution in [3.8, 4) is 11.5 Å². The highest BCUT2D eigenvalue weighted by Gasteiger charge is 2.19. The van der Waals surface area contributed by atoms with Gasteiger partial charge in [-0.05, 0) is 18.1 Å². The summed E-state index contributed by atoms with van der Waals surface area (Å²) in [7, 11) is -1.08. The molecule has 8 nitrogen and oxygen atoms in total. The number of nitrogens with zero attached hydrogens (tertiary/aromatic N) is 1. The van der Waals surface area contributed by atoms with Gasteiger partial charge >= 0.3 is 0 Å². The molecule has 0 saturated carbocycles. The Morgan fingerprint density at radius 1 is 1.12 bits per heavy atom. The summed E-state index contributed by atoms with van der Waals surface area (Å²) < 4.78 is 37.4. The summed E-state index contributed by atoms with van der Waals surface area (Å²) in [6.45, 7) is 3.71. The number of ether oxygens (including phenoxy) is 2. The minimum atomic E-state index is -3.95. The van der Waals surface area contributed by atoms with Crippen LogP contribution in [0.4, 0.5) is 5.95 Å². The van der Waals surface area contributed by atoms with E-state index in [1.165, 1.54) is 38.5 Å². The Balaban J connectivity index is 2.40. The number of sulfonamides is 1. The fourth-order valence-corrected chi connectivity index (χ4v) is 2.97. The number of benzene rings is 1. The zero-order valence-electron chi connectivity index (χ0n) is 13.8. The van der Waals surface area contributed by atoms with Gasteiger partial charge in [-0.25, -0.2) is 18.1 Å². The van der Waals surface area contributed by atoms with Crippen LogP contribution in [0.3, 0.4) is 0 Å². The SMILES string of the molecule is COc1ccc(S(=O)(=O)Nc2nc(C(C)C)cc(=O)[nH]2)cc1OC. The molecular weight excluding hydrogens is 334 g/mol. The summed E-state index contributed by atoms with van der Waals surface area (Å²) >= 11 is 0. The summed E-state index contributed by atoms with van der Waals surface area (Å²) in [4.78, 5) is 18.1. The van der Waals surface area contributed by atoms with Crippen LogP contribution in [0.5, 0.6) is 11.5 Å². The molecule has 0 aliphatic carbocycles. The lowest BCUT2D eigenvalue weighted by Crippen LogP contribution is -2.19. The van der Waals surface area contributed by atoms with Crippen LogP contribution in [0.15, 0.2) is 34.0 Å². The van der Waals surface area contributed by atoms with E-state index in [1.807, 2.05) is 13.8 Å². The second-order valence-electron chi connectivity index (χ2n) is 5.30. The summed E-state index contributed by atoms with van der Waals surface area (Å²) in [5, 5.41) is 0. The Hall–Kier alpha value is -2.55. The van der Waals surface area contributed by atoms with Gasteiger partial charge in [0, 0.05) is 12.1 Å². The molecule has 24 heavy (non-hydrogen) atoms. The molecule has 0 radical (unpaired) electrons. The Labute approximate surface area is 139 Å². The van der Waals surface area contributed by atoms with Gasteiger partial charge in [0.1, 0.15) is 0 Å². The molecule has 1 aromatic carbocycles. The third-order valence-corrected chi connectivity index (χ3v) is 4.59. The van der Waals surface area contributed by atoms with Crippen LogP contribution in [0.2, 0.25) is 0 Å². The maximum atomic E-state index is 12.5. The van der Waals surface area contributed by atoms with Gasteiger partial charge in [0.05, 0.1) is 24.8 Å². The number of nitrogens with one attached hydrogen (secondary N) is 2. The fraction of sp³-hybridized carbons (Fsp3) is 0.333. The number of aromatic nitrogens is 2. The van der Waals surface area contributed by atoms with Gasteiger partial charge < -0.3 is 9.47 Å². The number of methoxy groups -OCH3 is 2. The van der Waals surface area contributed by atoms with Crippen LogP contribution >= 0.6 is 0 Å². The van der Waals surface area contributed by atoms with Gasteiger partial charge in [-0.2, -0.15) is 0 Å². The van der Waals surface area contributed by atoms with Crippen molar-refractivity contribution in [1.29, 1.82) is 0 Å². The van der Waals surface area contributed by atoms with Gasteiger partial charge in [0.2, 0.25) is 5.95 Å². The van der Waals surface area contributed by atoms with E-state index in [9.17, 15) is 13.2 Å². The van der Waals surface area contributed by atoms with E-state index < -0.39 is 15.6 Å². The van der Waals surface area contributed by atoms with Gasteiger partial charge in [0.25, 0.3) is 15.6 Å². The molecule has 130 valence electrons. The molecule has 1 aromatic heterocycles. The van der Waals surface area contributed by atoms with E-state index in [0.29, 0.717) is 11.4 Å². The number of hydrogen-bond acceptors (Lipinski definition) is 6. The van der Waals surface area contributed by atoms with Crippen molar-refractivity contribution in [3.05, 3.63) is 40.3 Å². The molecular formula is C15H19N3O5S. The molecule has 0 bridgehead atoms. The molecule has 0 fully saturated rings. The number of hydrogen-bond donors (Lipinski definition) is 2. The largest absolute Gasteiger partial charge is 0.493 e. The second-order valence-corrected chi connectivity index (χ2v) is 6.98. The maximum Gasteiger partial charge on any atom is 0.264 e.